The van der Waals surface area contributed by atoms with Crippen LogP contribution in [0.25, 0.3) is 0 Å². The number of rotatable bonds is 11. The molecule has 132 valence electrons. The van der Waals surface area contributed by atoms with E-state index in [1.165, 1.54) is 51.4 Å². The zero-order valence-corrected chi connectivity index (χ0v) is 15.4. The van der Waals surface area contributed by atoms with Crippen molar-refractivity contribution in [2.45, 2.75) is 78.7 Å². The first-order chi connectivity index (χ1) is 11.2. The normalized spacial score (nSPS) is 11.7. The van der Waals surface area contributed by atoms with Gasteiger partial charge in [0.05, 0.1) is 12.2 Å². The Kier molecular flexibility index (Phi) is 10.2. The van der Waals surface area contributed by atoms with Crippen LogP contribution in [0.1, 0.15) is 75.6 Å². The van der Waals surface area contributed by atoms with Crippen molar-refractivity contribution in [1.82, 2.24) is 15.6 Å². The maximum absolute atomic E-state index is 5.55. The van der Waals surface area contributed by atoms with E-state index in [9.17, 15) is 0 Å². The lowest BCUT2D eigenvalue weighted by Crippen LogP contribution is -2.37. The Hall–Kier alpha value is -1.52. The molecule has 0 unspecified atom stereocenters. The van der Waals surface area contributed by atoms with E-state index in [0.29, 0.717) is 12.4 Å². The van der Waals surface area contributed by atoms with Crippen molar-refractivity contribution in [3.63, 3.8) is 0 Å². The van der Waals surface area contributed by atoms with E-state index in [1.807, 2.05) is 13.8 Å². The first kappa shape index (κ1) is 19.5. The summed E-state index contributed by atoms with van der Waals surface area (Å²) >= 11 is 0. The van der Waals surface area contributed by atoms with Crippen LogP contribution in [0.3, 0.4) is 0 Å². The van der Waals surface area contributed by atoms with Gasteiger partial charge in [-0.15, -0.1) is 0 Å². The fourth-order valence-electron chi connectivity index (χ4n) is 2.46. The first-order valence-electron chi connectivity index (χ1n) is 9.04. The molecule has 0 radical (unpaired) electrons. The van der Waals surface area contributed by atoms with Crippen LogP contribution in [0.5, 0.6) is 0 Å². The van der Waals surface area contributed by atoms with Gasteiger partial charge in [0.1, 0.15) is 5.76 Å². The minimum Gasteiger partial charge on any atom is -0.444 e. The molecule has 0 saturated carbocycles. The molecular formula is C18H34N4O. The predicted molar refractivity (Wildman–Crippen MR) is 96.8 cm³/mol. The van der Waals surface area contributed by atoms with E-state index < -0.39 is 0 Å². The number of oxazole rings is 1. The third-order valence-electron chi connectivity index (χ3n) is 4.03. The summed E-state index contributed by atoms with van der Waals surface area (Å²) in [4.78, 5) is 8.58. The van der Waals surface area contributed by atoms with E-state index in [2.05, 4.69) is 27.5 Å². The number of aromatic nitrogens is 1. The molecular weight excluding hydrogens is 288 g/mol. The fourth-order valence-corrected chi connectivity index (χ4v) is 2.46. The maximum Gasteiger partial charge on any atom is 0.214 e. The Balaban J connectivity index is 2.06. The van der Waals surface area contributed by atoms with E-state index in [1.54, 1.807) is 7.05 Å². The molecule has 0 aliphatic carbocycles. The Morgan fingerprint density at radius 1 is 1.00 bits per heavy atom. The van der Waals surface area contributed by atoms with Gasteiger partial charge in [-0.05, 0) is 20.3 Å². The van der Waals surface area contributed by atoms with Gasteiger partial charge in [0.15, 0.2) is 5.96 Å². The van der Waals surface area contributed by atoms with Crippen LogP contribution in [-0.4, -0.2) is 24.5 Å². The second kappa shape index (κ2) is 12.0. The van der Waals surface area contributed by atoms with Gasteiger partial charge in [0.25, 0.3) is 0 Å². The molecule has 1 heterocycles. The Labute approximate surface area is 141 Å². The second-order valence-corrected chi connectivity index (χ2v) is 6.08. The summed E-state index contributed by atoms with van der Waals surface area (Å²) in [7, 11) is 1.79. The van der Waals surface area contributed by atoms with Crippen molar-refractivity contribution in [2.75, 3.05) is 13.6 Å². The average molecular weight is 322 g/mol. The molecule has 5 nitrogen and oxygen atoms in total. The van der Waals surface area contributed by atoms with Crippen molar-refractivity contribution in [2.24, 2.45) is 4.99 Å². The lowest BCUT2D eigenvalue weighted by Gasteiger charge is -2.10. The molecule has 0 atom stereocenters. The molecule has 1 aromatic heterocycles. The van der Waals surface area contributed by atoms with Gasteiger partial charge in [-0.25, -0.2) is 4.98 Å². The van der Waals surface area contributed by atoms with Crippen molar-refractivity contribution in [3.05, 3.63) is 17.3 Å². The van der Waals surface area contributed by atoms with Crippen LogP contribution in [0.4, 0.5) is 0 Å². The molecule has 0 fully saturated rings. The lowest BCUT2D eigenvalue weighted by atomic mass is 10.1. The van der Waals surface area contributed by atoms with E-state index in [4.69, 9.17) is 4.42 Å². The molecule has 1 aromatic rings. The molecule has 1 rings (SSSR count). The van der Waals surface area contributed by atoms with Crippen molar-refractivity contribution >= 4 is 5.96 Å². The Bertz CT molecular complexity index is 434. The molecule has 2 N–H and O–H groups in total. The van der Waals surface area contributed by atoms with Crippen LogP contribution in [0.2, 0.25) is 0 Å². The van der Waals surface area contributed by atoms with E-state index >= 15 is 0 Å². The minimum absolute atomic E-state index is 0.561. The third kappa shape index (κ3) is 8.62. The largest absolute Gasteiger partial charge is 0.444 e. The molecule has 0 bridgehead atoms. The van der Waals surface area contributed by atoms with Gasteiger partial charge >= 0.3 is 0 Å². The summed E-state index contributed by atoms with van der Waals surface area (Å²) < 4.78 is 5.55. The van der Waals surface area contributed by atoms with E-state index in [0.717, 1.165) is 24.0 Å². The molecule has 0 aliphatic heterocycles. The molecule has 0 amide bonds. The number of aryl methyl sites for hydroxylation is 2. The van der Waals surface area contributed by atoms with Crippen LogP contribution < -0.4 is 10.6 Å². The predicted octanol–water partition coefficient (Wildman–Crippen LogP) is 4.10. The van der Waals surface area contributed by atoms with Crippen molar-refractivity contribution < 1.29 is 4.42 Å². The van der Waals surface area contributed by atoms with Gasteiger partial charge in [0, 0.05) is 13.6 Å². The van der Waals surface area contributed by atoms with Gasteiger partial charge < -0.3 is 15.1 Å². The molecule has 0 saturated heterocycles. The monoisotopic (exact) mass is 322 g/mol. The van der Waals surface area contributed by atoms with Crippen LogP contribution in [-0.2, 0) is 6.54 Å². The zero-order valence-electron chi connectivity index (χ0n) is 15.4. The first-order valence-corrected chi connectivity index (χ1v) is 9.04. The number of hydrogen-bond acceptors (Lipinski definition) is 3. The van der Waals surface area contributed by atoms with E-state index in [-0.39, 0.29) is 0 Å². The Morgan fingerprint density at radius 2 is 1.65 bits per heavy atom. The van der Waals surface area contributed by atoms with Gasteiger partial charge in [-0.3, -0.25) is 4.99 Å². The zero-order chi connectivity index (χ0) is 16.9. The van der Waals surface area contributed by atoms with Gasteiger partial charge in [0.2, 0.25) is 5.89 Å². The van der Waals surface area contributed by atoms with Crippen LogP contribution in [0.15, 0.2) is 9.41 Å². The molecule has 23 heavy (non-hydrogen) atoms. The van der Waals surface area contributed by atoms with Crippen molar-refractivity contribution in [1.29, 1.82) is 0 Å². The summed E-state index contributed by atoms with van der Waals surface area (Å²) in [5.74, 6) is 2.39. The highest BCUT2D eigenvalue weighted by Gasteiger charge is 2.06. The number of hydrogen-bond donors (Lipinski definition) is 2. The minimum atomic E-state index is 0.561. The highest BCUT2D eigenvalue weighted by molar-refractivity contribution is 5.79. The molecule has 5 heteroatoms. The van der Waals surface area contributed by atoms with Crippen LogP contribution >= 0.6 is 0 Å². The smallest absolute Gasteiger partial charge is 0.214 e. The number of unbranched alkanes of at least 4 members (excludes halogenated alkanes) is 7. The topological polar surface area (TPSA) is 62.5 Å². The maximum atomic E-state index is 5.55. The molecule has 0 aliphatic rings. The SMILES string of the molecule is CCCCCCCCCCNC(=NC)NCc1nc(C)c(C)o1. The second-order valence-electron chi connectivity index (χ2n) is 6.08. The Morgan fingerprint density at radius 3 is 2.22 bits per heavy atom. The fraction of sp³-hybridized carbons (Fsp3) is 0.778. The number of nitrogens with one attached hydrogen (secondary N) is 2. The van der Waals surface area contributed by atoms with Crippen molar-refractivity contribution in [3.8, 4) is 0 Å². The van der Waals surface area contributed by atoms with Gasteiger partial charge in [-0.2, -0.15) is 0 Å². The lowest BCUT2D eigenvalue weighted by molar-refractivity contribution is 0.463. The number of aliphatic imine (C=N–C) groups is 1. The summed E-state index contributed by atoms with van der Waals surface area (Å²) in [5, 5.41) is 6.58. The highest BCUT2D eigenvalue weighted by atomic mass is 16.4. The average Bonchev–Trinajstić information content (AvgIpc) is 2.87. The third-order valence-corrected chi connectivity index (χ3v) is 4.03. The molecule has 0 aromatic carbocycles. The quantitative estimate of drug-likeness (QED) is 0.366. The summed E-state index contributed by atoms with van der Waals surface area (Å²) in [6, 6.07) is 0. The summed E-state index contributed by atoms with van der Waals surface area (Å²) in [5.41, 5.74) is 0.948. The molecule has 0 spiro atoms. The summed E-state index contributed by atoms with van der Waals surface area (Å²) in [6.07, 6.45) is 10.7. The number of guanidine groups is 1. The van der Waals surface area contributed by atoms with Crippen LogP contribution in [0, 0.1) is 13.8 Å². The summed E-state index contributed by atoms with van der Waals surface area (Å²) in [6.45, 7) is 7.67. The number of nitrogens with zero attached hydrogens (tertiary/aromatic N) is 2. The van der Waals surface area contributed by atoms with Gasteiger partial charge in [-0.1, -0.05) is 51.9 Å². The highest BCUT2D eigenvalue weighted by Crippen LogP contribution is 2.08. The standard InChI is InChI=1S/C18H34N4O/c1-5-6-7-8-9-10-11-12-13-20-18(19-4)21-14-17-22-15(2)16(3)23-17/h5-14H2,1-4H3,(H2,19,20,21).